The van der Waals surface area contributed by atoms with Crippen molar-refractivity contribution in [3.8, 4) is 5.75 Å². The minimum atomic E-state index is -1.26. The number of methoxy groups -OCH3 is 1. The third-order valence-corrected chi connectivity index (χ3v) is 4.30. The zero-order valence-electron chi connectivity index (χ0n) is 14.9. The minimum Gasteiger partial charge on any atom is -0.497 e. The summed E-state index contributed by atoms with van der Waals surface area (Å²) >= 11 is 0. The molecule has 1 N–H and O–H groups in total. The van der Waals surface area contributed by atoms with E-state index in [-0.39, 0.29) is 13.0 Å². The predicted octanol–water partition coefficient (Wildman–Crippen LogP) is 2.61. The van der Waals surface area contributed by atoms with E-state index in [9.17, 15) is 14.7 Å². The summed E-state index contributed by atoms with van der Waals surface area (Å²) in [6, 6.07) is 15.7. The van der Waals surface area contributed by atoms with E-state index >= 15 is 0 Å². The molecule has 0 saturated carbocycles. The van der Waals surface area contributed by atoms with Gasteiger partial charge in [0, 0.05) is 12.0 Å². The predicted molar refractivity (Wildman–Crippen MR) is 98.2 cm³/mol. The summed E-state index contributed by atoms with van der Waals surface area (Å²) in [6.45, 7) is -0.663. The molecule has 6 heteroatoms. The van der Waals surface area contributed by atoms with Crippen LogP contribution in [0, 0.1) is 0 Å². The van der Waals surface area contributed by atoms with Gasteiger partial charge in [-0.05, 0) is 35.9 Å². The van der Waals surface area contributed by atoms with Gasteiger partial charge in [-0.2, -0.15) is 0 Å². The maximum absolute atomic E-state index is 12.2. The molecule has 1 atom stereocenters. The molecular formula is C21H20O6. The van der Waals surface area contributed by atoms with Gasteiger partial charge in [0.2, 0.25) is 0 Å². The van der Waals surface area contributed by atoms with E-state index in [4.69, 9.17) is 14.2 Å². The number of carbonyl (C=O) groups excluding carboxylic acids is 2. The molecule has 2 aromatic rings. The van der Waals surface area contributed by atoms with Gasteiger partial charge >= 0.3 is 11.9 Å². The zero-order valence-corrected chi connectivity index (χ0v) is 14.9. The van der Waals surface area contributed by atoms with E-state index < -0.39 is 24.1 Å². The Morgan fingerprint density at radius 2 is 1.89 bits per heavy atom. The van der Waals surface area contributed by atoms with Crippen molar-refractivity contribution >= 4 is 18.0 Å². The Morgan fingerprint density at radius 3 is 2.52 bits per heavy atom. The van der Waals surface area contributed by atoms with Crippen molar-refractivity contribution in [2.75, 3.05) is 20.3 Å². The Bertz CT molecular complexity index is 841. The second-order valence-electron chi connectivity index (χ2n) is 6.29. The summed E-state index contributed by atoms with van der Waals surface area (Å²) in [5.41, 5.74) is 0.339. The van der Waals surface area contributed by atoms with E-state index in [0.717, 1.165) is 5.56 Å². The summed E-state index contributed by atoms with van der Waals surface area (Å²) in [6.07, 6.45) is 1.84. The summed E-state index contributed by atoms with van der Waals surface area (Å²) < 4.78 is 15.7. The first-order chi connectivity index (χ1) is 13.0. The molecule has 0 aliphatic carbocycles. The van der Waals surface area contributed by atoms with Crippen LogP contribution >= 0.6 is 0 Å². The number of aliphatic hydroxyl groups excluding tert-OH is 1. The molecular weight excluding hydrogens is 348 g/mol. The monoisotopic (exact) mass is 368 g/mol. The standard InChI is InChI=1S/C21H20O6/c1-25-18-9-7-15(8-10-18)11-17-12-21(13-22,27-20(17)24)14-26-19(23)16-5-3-2-4-6-16/h2-11,22H,12-14H2,1H3/b17-11-. The quantitative estimate of drug-likeness (QED) is 0.623. The Labute approximate surface area is 157 Å². The average Bonchev–Trinajstić information content (AvgIpc) is 3.03. The Balaban J connectivity index is 1.70. The highest BCUT2D eigenvalue weighted by molar-refractivity contribution is 5.96. The molecule has 0 spiro atoms. The van der Waals surface area contributed by atoms with Gasteiger partial charge in [-0.3, -0.25) is 0 Å². The van der Waals surface area contributed by atoms with Crippen LogP contribution < -0.4 is 4.74 Å². The number of aliphatic hydroxyl groups is 1. The number of rotatable bonds is 6. The van der Waals surface area contributed by atoms with Crippen molar-refractivity contribution in [1.82, 2.24) is 0 Å². The van der Waals surface area contributed by atoms with Crippen LogP contribution in [0.5, 0.6) is 5.75 Å². The SMILES string of the molecule is COc1ccc(/C=C2/CC(CO)(COC(=O)c3ccccc3)OC2=O)cc1. The first-order valence-electron chi connectivity index (χ1n) is 8.46. The van der Waals surface area contributed by atoms with Crippen LogP contribution in [0.1, 0.15) is 22.3 Å². The number of carbonyl (C=O) groups is 2. The van der Waals surface area contributed by atoms with Crippen LogP contribution in [0.15, 0.2) is 60.2 Å². The lowest BCUT2D eigenvalue weighted by atomic mass is 9.98. The first kappa shape index (κ1) is 18.7. The molecule has 1 unspecified atom stereocenters. The molecule has 27 heavy (non-hydrogen) atoms. The molecule has 0 aromatic heterocycles. The van der Waals surface area contributed by atoms with Crippen molar-refractivity contribution in [2.45, 2.75) is 12.0 Å². The van der Waals surface area contributed by atoms with E-state index in [1.165, 1.54) is 0 Å². The first-order valence-corrected chi connectivity index (χ1v) is 8.46. The van der Waals surface area contributed by atoms with Gasteiger partial charge in [-0.1, -0.05) is 30.3 Å². The van der Waals surface area contributed by atoms with Crippen LogP contribution in [-0.4, -0.2) is 43.0 Å². The second-order valence-corrected chi connectivity index (χ2v) is 6.29. The third kappa shape index (κ3) is 4.35. The Morgan fingerprint density at radius 1 is 1.19 bits per heavy atom. The summed E-state index contributed by atoms with van der Waals surface area (Å²) in [7, 11) is 1.58. The molecule has 2 aromatic carbocycles. The van der Waals surface area contributed by atoms with Crippen LogP contribution in [0.3, 0.4) is 0 Å². The topological polar surface area (TPSA) is 82.1 Å². The van der Waals surface area contributed by atoms with Crippen molar-refractivity contribution < 1.29 is 28.9 Å². The number of hydrogen-bond donors (Lipinski definition) is 1. The van der Waals surface area contributed by atoms with Crippen LogP contribution in [0.4, 0.5) is 0 Å². The largest absolute Gasteiger partial charge is 0.497 e. The Hall–Kier alpha value is -3.12. The molecule has 0 bridgehead atoms. The molecule has 3 rings (SSSR count). The molecule has 1 aliphatic rings. The molecule has 6 nitrogen and oxygen atoms in total. The van der Waals surface area contributed by atoms with E-state index in [1.54, 1.807) is 55.7 Å². The van der Waals surface area contributed by atoms with Crippen molar-refractivity contribution in [1.29, 1.82) is 0 Å². The average molecular weight is 368 g/mol. The fraction of sp³-hybridized carbons (Fsp3) is 0.238. The molecule has 1 saturated heterocycles. The van der Waals surface area contributed by atoms with Gasteiger partial charge < -0.3 is 19.3 Å². The number of benzene rings is 2. The van der Waals surface area contributed by atoms with E-state index in [0.29, 0.717) is 16.9 Å². The van der Waals surface area contributed by atoms with Crippen LogP contribution in [0.25, 0.3) is 6.08 Å². The van der Waals surface area contributed by atoms with E-state index in [2.05, 4.69) is 0 Å². The highest BCUT2D eigenvalue weighted by Crippen LogP contribution is 2.32. The maximum atomic E-state index is 12.2. The minimum absolute atomic E-state index is 0.149. The number of esters is 2. The van der Waals surface area contributed by atoms with Crippen molar-refractivity contribution in [2.24, 2.45) is 0 Å². The Kier molecular flexibility index (Phi) is 5.57. The third-order valence-electron chi connectivity index (χ3n) is 4.30. The lowest BCUT2D eigenvalue weighted by Gasteiger charge is -2.24. The number of ether oxygens (including phenoxy) is 3. The van der Waals surface area contributed by atoms with Gasteiger partial charge in [0.25, 0.3) is 0 Å². The molecule has 0 radical (unpaired) electrons. The molecule has 1 heterocycles. The molecule has 140 valence electrons. The highest BCUT2D eigenvalue weighted by Gasteiger charge is 2.44. The van der Waals surface area contributed by atoms with Gasteiger partial charge in [0.15, 0.2) is 5.60 Å². The lowest BCUT2D eigenvalue weighted by Crippen LogP contribution is -2.39. The van der Waals surface area contributed by atoms with Gasteiger partial charge in [-0.25, -0.2) is 9.59 Å². The normalized spacial score (nSPS) is 20.4. The van der Waals surface area contributed by atoms with Gasteiger partial charge in [0.1, 0.15) is 12.4 Å². The van der Waals surface area contributed by atoms with Gasteiger partial charge in [0.05, 0.1) is 19.3 Å². The summed E-state index contributed by atoms with van der Waals surface area (Å²) in [4.78, 5) is 24.3. The lowest BCUT2D eigenvalue weighted by molar-refractivity contribution is -0.154. The highest BCUT2D eigenvalue weighted by atomic mass is 16.6. The summed E-state index contributed by atoms with van der Waals surface area (Å²) in [5, 5.41) is 9.76. The molecule has 1 aliphatic heterocycles. The van der Waals surface area contributed by atoms with E-state index in [1.807, 2.05) is 12.1 Å². The second kappa shape index (κ2) is 8.05. The number of cyclic esters (lactones) is 1. The van der Waals surface area contributed by atoms with Crippen molar-refractivity contribution in [3.63, 3.8) is 0 Å². The maximum Gasteiger partial charge on any atom is 0.338 e. The van der Waals surface area contributed by atoms with Gasteiger partial charge in [-0.15, -0.1) is 0 Å². The number of hydrogen-bond acceptors (Lipinski definition) is 6. The fourth-order valence-electron chi connectivity index (χ4n) is 2.80. The van der Waals surface area contributed by atoms with Crippen LogP contribution in [0.2, 0.25) is 0 Å². The summed E-state index contributed by atoms with van der Waals surface area (Å²) in [5.74, 6) is -0.355. The zero-order chi connectivity index (χ0) is 19.3. The fourth-order valence-corrected chi connectivity index (χ4v) is 2.80. The van der Waals surface area contributed by atoms with Crippen LogP contribution in [-0.2, 0) is 14.3 Å². The molecule has 0 amide bonds. The molecule has 1 fully saturated rings. The smallest absolute Gasteiger partial charge is 0.338 e. The van der Waals surface area contributed by atoms with Crippen molar-refractivity contribution in [3.05, 3.63) is 71.3 Å².